The van der Waals surface area contributed by atoms with E-state index in [4.69, 9.17) is 4.74 Å². The molecule has 114 valence electrons. The quantitative estimate of drug-likeness (QED) is 0.288. The number of carbonyl (C=O) groups is 1. The molecule has 1 rings (SSSR count). The number of quaternary nitrogens is 1. The van der Waals surface area contributed by atoms with Crippen molar-refractivity contribution < 1.29 is 26.4 Å². The fraction of sp³-hybridized carbons (Fsp3) is 0.533. The second kappa shape index (κ2) is 10.1. The molecule has 0 aliphatic heterocycles. The second-order valence-electron chi connectivity index (χ2n) is 5.50. The number of esters is 1. The SMILES string of the molecule is C[N+](C)(C)CCOC(=O)CCCSc1ccccc1.[Cl-]. The van der Waals surface area contributed by atoms with Gasteiger partial charge in [0, 0.05) is 11.3 Å². The maximum Gasteiger partial charge on any atom is 0.306 e. The highest BCUT2D eigenvalue weighted by Gasteiger charge is 2.09. The van der Waals surface area contributed by atoms with Gasteiger partial charge in [-0.1, -0.05) is 18.2 Å². The number of likely N-dealkylation sites (N-methyl/N-ethyl adjacent to an activating group) is 1. The first-order valence-corrected chi connectivity index (χ1v) is 7.60. The summed E-state index contributed by atoms with van der Waals surface area (Å²) < 4.78 is 6.02. The van der Waals surface area contributed by atoms with Gasteiger partial charge in [0.2, 0.25) is 0 Å². The molecule has 0 fully saturated rings. The molecule has 20 heavy (non-hydrogen) atoms. The van der Waals surface area contributed by atoms with Crippen LogP contribution in [0, 0.1) is 0 Å². The van der Waals surface area contributed by atoms with Crippen LogP contribution in [0.3, 0.4) is 0 Å². The van der Waals surface area contributed by atoms with Crippen LogP contribution in [0.15, 0.2) is 35.2 Å². The topological polar surface area (TPSA) is 26.3 Å². The van der Waals surface area contributed by atoms with Crippen molar-refractivity contribution in [1.82, 2.24) is 0 Å². The third-order valence-corrected chi connectivity index (χ3v) is 3.66. The number of nitrogens with zero attached hydrogens (tertiary/aromatic N) is 1. The predicted molar refractivity (Wildman–Crippen MR) is 80.3 cm³/mol. The first-order chi connectivity index (χ1) is 8.97. The van der Waals surface area contributed by atoms with E-state index in [2.05, 4.69) is 33.3 Å². The summed E-state index contributed by atoms with van der Waals surface area (Å²) in [5, 5.41) is 0. The zero-order valence-electron chi connectivity index (χ0n) is 12.5. The van der Waals surface area contributed by atoms with Gasteiger partial charge in [-0.3, -0.25) is 4.79 Å². The molecular weight excluding hydrogens is 294 g/mol. The molecule has 0 saturated carbocycles. The summed E-state index contributed by atoms with van der Waals surface area (Å²) in [7, 11) is 6.26. The van der Waals surface area contributed by atoms with Crippen LogP contribution in [0.5, 0.6) is 0 Å². The normalized spacial score (nSPS) is 10.8. The Morgan fingerprint density at radius 2 is 1.85 bits per heavy atom. The Balaban J connectivity index is 0.00000361. The number of halogens is 1. The van der Waals surface area contributed by atoms with E-state index < -0.39 is 0 Å². The Labute approximate surface area is 132 Å². The number of rotatable bonds is 8. The molecule has 1 aromatic rings. The van der Waals surface area contributed by atoms with Crippen LogP contribution in [0.1, 0.15) is 12.8 Å². The van der Waals surface area contributed by atoms with Crippen molar-refractivity contribution in [1.29, 1.82) is 0 Å². The van der Waals surface area contributed by atoms with Crippen LogP contribution in [-0.4, -0.2) is 50.5 Å². The van der Waals surface area contributed by atoms with Gasteiger partial charge in [0.05, 0.1) is 21.1 Å². The van der Waals surface area contributed by atoms with Crippen LogP contribution in [-0.2, 0) is 9.53 Å². The summed E-state index contributed by atoms with van der Waals surface area (Å²) in [4.78, 5) is 12.8. The van der Waals surface area contributed by atoms with Crippen molar-refractivity contribution in [3.63, 3.8) is 0 Å². The number of benzene rings is 1. The van der Waals surface area contributed by atoms with Crippen molar-refractivity contribution in [2.24, 2.45) is 0 Å². The van der Waals surface area contributed by atoms with E-state index in [0.29, 0.717) is 13.0 Å². The van der Waals surface area contributed by atoms with E-state index >= 15 is 0 Å². The van der Waals surface area contributed by atoms with E-state index in [1.165, 1.54) is 4.90 Å². The Bertz CT molecular complexity index is 379. The van der Waals surface area contributed by atoms with E-state index in [0.717, 1.165) is 23.2 Å². The lowest BCUT2D eigenvalue weighted by Gasteiger charge is -2.23. The standard InChI is InChI=1S/C15H24NO2S.ClH/c1-16(2,3)11-12-18-15(17)10-7-13-19-14-8-5-4-6-9-14;/h4-6,8-9H,7,10-13H2,1-3H3;1H/q+1;/p-1. The highest BCUT2D eigenvalue weighted by atomic mass is 35.5. The minimum Gasteiger partial charge on any atom is -1.00 e. The summed E-state index contributed by atoms with van der Waals surface area (Å²) >= 11 is 1.78. The van der Waals surface area contributed by atoms with Gasteiger partial charge in [0.25, 0.3) is 0 Å². The van der Waals surface area contributed by atoms with Gasteiger partial charge >= 0.3 is 5.97 Å². The molecule has 0 unspecified atom stereocenters. The van der Waals surface area contributed by atoms with E-state index in [9.17, 15) is 4.79 Å². The minimum atomic E-state index is -0.0814. The molecule has 0 N–H and O–H groups in total. The molecule has 0 amide bonds. The van der Waals surface area contributed by atoms with Crippen LogP contribution in [0.25, 0.3) is 0 Å². The molecular formula is C15H24ClNO2S. The number of hydrogen-bond donors (Lipinski definition) is 0. The summed E-state index contributed by atoms with van der Waals surface area (Å²) in [6.45, 7) is 1.36. The molecule has 5 heteroatoms. The Morgan fingerprint density at radius 3 is 2.45 bits per heavy atom. The summed E-state index contributed by atoms with van der Waals surface area (Å²) in [6.07, 6.45) is 1.37. The average molecular weight is 318 g/mol. The smallest absolute Gasteiger partial charge is 0.306 e. The third-order valence-electron chi connectivity index (χ3n) is 2.56. The third kappa shape index (κ3) is 10.1. The van der Waals surface area contributed by atoms with Crippen molar-refractivity contribution in [2.45, 2.75) is 17.7 Å². The van der Waals surface area contributed by atoms with Crippen LogP contribution in [0.2, 0.25) is 0 Å². The first kappa shape index (κ1) is 19.3. The van der Waals surface area contributed by atoms with Crippen molar-refractivity contribution in [3.05, 3.63) is 30.3 Å². The monoisotopic (exact) mass is 317 g/mol. The molecule has 0 spiro atoms. The van der Waals surface area contributed by atoms with Gasteiger partial charge < -0.3 is 21.6 Å². The maximum absolute atomic E-state index is 11.5. The zero-order valence-corrected chi connectivity index (χ0v) is 14.0. The second-order valence-corrected chi connectivity index (χ2v) is 6.67. The molecule has 0 bridgehead atoms. The van der Waals surface area contributed by atoms with E-state index in [1.54, 1.807) is 11.8 Å². The number of ether oxygens (including phenoxy) is 1. The maximum atomic E-state index is 11.5. The lowest BCUT2D eigenvalue weighted by molar-refractivity contribution is -0.870. The highest BCUT2D eigenvalue weighted by Crippen LogP contribution is 2.18. The number of thioether (sulfide) groups is 1. The van der Waals surface area contributed by atoms with Crippen molar-refractivity contribution >= 4 is 17.7 Å². The molecule has 0 atom stereocenters. The van der Waals surface area contributed by atoms with Gasteiger partial charge in [-0.2, -0.15) is 0 Å². The van der Waals surface area contributed by atoms with Crippen LogP contribution in [0.4, 0.5) is 0 Å². The van der Waals surface area contributed by atoms with Crippen molar-refractivity contribution in [2.75, 3.05) is 40.0 Å². The minimum absolute atomic E-state index is 0. The molecule has 3 nitrogen and oxygen atoms in total. The molecule has 0 aromatic heterocycles. The van der Waals surface area contributed by atoms with Gasteiger partial charge in [-0.05, 0) is 24.3 Å². The fourth-order valence-electron chi connectivity index (χ4n) is 1.43. The van der Waals surface area contributed by atoms with Crippen molar-refractivity contribution in [3.8, 4) is 0 Å². The molecule has 0 heterocycles. The Kier molecular flexibility index (Phi) is 9.72. The number of carbonyl (C=O) groups excluding carboxylic acids is 1. The fourth-order valence-corrected chi connectivity index (χ4v) is 2.30. The summed E-state index contributed by atoms with van der Waals surface area (Å²) in [6, 6.07) is 10.2. The molecule has 0 aliphatic carbocycles. The molecule has 0 saturated heterocycles. The van der Waals surface area contributed by atoms with Gasteiger partial charge in [0.15, 0.2) is 0 Å². The summed E-state index contributed by atoms with van der Waals surface area (Å²) in [5.74, 6) is 0.871. The van der Waals surface area contributed by atoms with E-state index in [-0.39, 0.29) is 18.4 Å². The van der Waals surface area contributed by atoms with Crippen LogP contribution >= 0.6 is 11.8 Å². The molecule has 0 aliphatic rings. The average Bonchev–Trinajstić information content (AvgIpc) is 2.34. The summed E-state index contributed by atoms with van der Waals surface area (Å²) in [5.41, 5.74) is 0. The predicted octanol–water partition coefficient (Wildman–Crippen LogP) is -0.188. The zero-order chi connectivity index (χ0) is 14.1. The first-order valence-electron chi connectivity index (χ1n) is 6.61. The Hall–Kier alpha value is -0.710. The Morgan fingerprint density at radius 1 is 1.20 bits per heavy atom. The van der Waals surface area contributed by atoms with Gasteiger partial charge in [-0.25, -0.2) is 0 Å². The lowest BCUT2D eigenvalue weighted by atomic mass is 10.3. The number of hydrogen-bond acceptors (Lipinski definition) is 3. The molecule has 0 radical (unpaired) electrons. The highest BCUT2D eigenvalue weighted by molar-refractivity contribution is 7.99. The van der Waals surface area contributed by atoms with Gasteiger partial charge in [0.1, 0.15) is 13.2 Å². The lowest BCUT2D eigenvalue weighted by Crippen LogP contribution is -3.00. The van der Waals surface area contributed by atoms with Crippen LogP contribution < -0.4 is 12.4 Å². The largest absolute Gasteiger partial charge is 1.00 e. The van der Waals surface area contributed by atoms with Gasteiger partial charge in [-0.15, -0.1) is 11.8 Å². The van der Waals surface area contributed by atoms with E-state index in [1.807, 2.05) is 18.2 Å². The molecule has 1 aromatic carbocycles.